The molecule has 11 nitrogen and oxygen atoms in total. The lowest BCUT2D eigenvalue weighted by atomic mass is 10.2. The van der Waals surface area contributed by atoms with Gasteiger partial charge in [-0.15, -0.1) is 0 Å². The summed E-state index contributed by atoms with van der Waals surface area (Å²) in [7, 11) is -2.26. The number of aromatic amines is 1. The van der Waals surface area contributed by atoms with E-state index >= 15 is 0 Å². The summed E-state index contributed by atoms with van der Waals surface area (Å²) in [5, 5.41) is 19.4. The number of benzene rings is 2. The molecular formula is C18H23N3O8S3. The van der Waals surface area contributed by atoms with E-state index in [1.807, 2.05) is 0 Å². The number of carbonyl (C=O) groups is 2. The third kappa shape index (κ3) is 10.8. The van der Waals surface area contributed by atoms with Crippen molar-refractivity contribution in [3.05, 3.63) is 48.5 Å². The second kappa shape index (κ2) is 13.3. The Morgan fingerprint density at radius 1 is 0.812 bits per heavy atom. The van der Waals surface area contributed by atoms with Crippen molar-refractivity contribution in [2.75, 3.05) is 11.5 Å². The molecule has 3 rings (SSSR count). The van der Waals surface area contributed by atoms with Crippen LogP contribution in [0, 0.1) is 0 Å². The van der Waals surface area contributed by atoms with Crippen LogP contribution < -0.4 is 11.5 Å². The fourth-order valence-corrected chi connectivity index (χ4v) is 4.41. The number of nitrogens with one attached hydrogen (secondary N) is 1. The molecule has 176 valence electrons. The largest absolute Gasteiger partial charge is 0.480 e. The highest BCUT2D eigenvalue weighted by Gasteiger charge is 2.14. The molecule has 0 unspecified atom stereocenters. The summed E-state index contributed by atoms with van der Waals surface area (Å²) in [4.78, 5) is 23.9. The number of aromatic nitrogens is 1. The highest BCUT2D eigenvalue weighted by molar-refractivity contribution is 8.76. The van der Waals surface area contributed by atoms with Crippen molar-refractivity contribution < 1.29 is 37.3 Å². The molecule has 0 aliphatic rings. The van der Waals surface area contributed by atoms with Gasteiger partial charge in [-0.2, -0.15) is 8.42 Å². The summed E-state index contributed by atoms with van der Waals surface area (Å²) in [6.07, 6.45) is 0. The molecule has 3 aromatic rings. The van der Waals surface area contributed by atoms with E-state index in [1.165, 1.54) is 43.4 Å². The summed E-state index contributed by atoms with van der Waals surface area (Å²) in [6, 6.07) is 14.9. The second-order valence-electron chi connectivity index (χ2n) is 6.12. The molecule has 1 aromatic heterocycles. The zero-order valence-electron chi connectivity index (χ0n) is 16.5. The second-order valence-corrected chi connectivity index (χ2v) is 9.57. The quantitative estimate of drug-likeness (QED) is 0.139. The molecule has 2 aromatic carbocycles. The van der Waals surface area contributed by atoms with Gasteiger partial charge < -0.3 is 26.7 Å². The number of aliphatic carboxylic acids is 2. The number of H-pyrrole nitrogens is 1. The minimum absolute atomic E-state index is 0.229. The Kier molecular flexibility index (Phi) is 11.5. The van der Waals surface area contributed by atoms with Gasteiger partial charge in [0.05, 0.1) is 0 Å². The van der Waals surface area contributed by atoms with Crippen LogP contribution in [-0.4, -0.2) is 68.2 Å². The van der Waals surface area contributed by atoms with Crippen LogP contribution in [0.5, 0.6) is 0 Å². The number of fused-ring (bicyclic) bond motifs is 3. The normalized spacial score (nSPS) is 12.8. The fraction of sp³-hybridized carbons (Fsp3) is 0.222. The monoisotopic (exact) mass is 505 g/mol. The lowest BCUT2D eigenvalue weighted by Crippen LogP contribution is -2.33. The Hall–Kier alpha value is -2.33. The molecule has 0 spiro atoms. The van der Waals surface area contributed by atoms with Crippen LogP contribution in [-0.2, 0) is 20.0 Å². The first-order valence-electron chi connectivity index (χ1n) is 8.76. The topological polar surface area (TPSA) is 217 Å². The predicted octanol–water partition coefficient (Wildman–Crippen LogP) is 1.86. The molecule has 1 heterocycles. The van der Waals surface area contributed by atoms with Gasteiger partial charge in [-0.1, -0.05) is 58.0 Å². The van der Waals surface area contributed by atoms with E-state index in [0.717, 1.165) is 0 Å². The van der Waals surface area contributed by atoms with Crippen LogP contribution in [0.25, 0.3) is 21.8 Å². The Morgan fingerprint density at radius 3 is 1.44 bits per heavy atom. The first-order valence-corrected chi connectivity index (χ1v) is 12.6. The van der Waals surface area contributed by atoms with E-state index in [1.54, 1.807) is 0 Å². The van der Waals surface area contributed by atoms with Crippen LogP contribution in [0.15, 0.2) is 48.5 Å². The highest BCUT2D eigenvalue weighted by atomic mass is 33.1. The van der Waals surface area contributed by atoms with E-state index in [0.29, 0.717) is 0 Å². The molecule has 0 radical (unpaired) electrons. The molecule has 0 amide bonds. The van der Waals surface area contributed by atoms with Crippen LogP contribution in [0.1, 0.15) is 0 Å². The Morgan fingerprint density at radius 2 is 1.12 bits per heavy atom. The van der Waals surface area contributed by atoms with Crippen molar-refractivity contribution in [1.29, 1.82) is 0 Å². The van der Waals surface area contributed by atoms with E-state index in [4.69, 9.17) is 39.2 Å². The number of carboxylic acid groups (broad SMARTS) is 2. The first-order chi connectivity index (χ1) is 14.9. The molecule has 0 bridgehead atoms. The minimum atomic E-state index is -4.67. The maximum absolute atomic E-state index is 10.3. The standard InChI is InChI=1S/C12H9N.C6H12N2O4S2.H2O4S/c1-3-7-11-9(5-1)10-6-2-4-8-12(10)13-11;7-3(5(9)10)1-13-14-2-4(8)6(11)12;1-5(2,3)4/h1-8,13H;3-4H,1-2,7-8H2,(H,9,10)(H,11,12);(H2,1,2,3,4)/t;3-,4-;/m.0./s1. The van der Waals surface area contributed by atoms with Gasteiger partial charge in [0.25, 0.3) is 0 Å². The van der Waals surface area contributed by atoms with Gasteiger partial charge in [-0.25, -0.2) is 0 Å². The summed E-state index contributed by atoms with van der Waals surface area (Å²) < 4.78 is 31.6. The molecule has 0 saturated heterocycles. The zero-order valence-corrected chi connectivity index (χ0v) is 18.9. The smallest absolute Gasteiger partial charge is 0.394 e. The van der Waals surface area contributed by atoms with Crippen molar-refractivity contribution in [3.8, 4) is 0 Å². The van der Waals surface area contributed by atoms with Crippen molar-refractivity contribution in [1.82, 2.24) is 4.98 Å². The van der Waals surface area contributed by atoms with E-state index in [9.17, 15) is 9.59 Å². The first kappa shape index (κ1) is 27.7. The van der Waals surface area contributed by atoms with Gasteiger partial charge in [0.15, 0.2) is 0 Å². The summed E-state index contributed by atoms with van der Waals surface area (Å²) in [6.45, 7) is 0. The lowest BCUT2D eigenvalue weighted by Gasteiger charge is -2.07. The van der Waals surface area contributed by atoms with Gasteiger partial charge in [0.1, 0.15) is 12.1 Å². The SMILES string of the molecule is N[C@@H](CSSC[C@H](N)C(=O)O)C(=O)O.O=S(=O)(O)O.c1ccc2c(c1)[nH]c1ccccc12. The van der Waals surface area contributed by atoms with Crippen LogP contribution in [0.4, 0.5) is 0 Å². The van der Waals surface area contributed by atoms with Crippen molar-refractivity contribution in [2.45, 2.75) is 12.1 Å². The van der Waals surface area contributed by atoms with Gasteiger partial charge in [-0.05, 0) is 12.1 Å². The third-order valence-corrected chi connectivity index (χ3v) is 6.10. The average Bonchev–Trinajstić information content (AvgIpc) is 3.08. The molecule has 0 fully saturated rings. The number of hydrogen-bond acceptors (Lipinski definition) is 8. The van der Waals surface area contributed by atoms with Crippen LogP contribution in [0.2, 0.25) is 0 Å². The van der Waals surface area contributed by atoms with Crippen molar-refractivity contribution in [2.24, 2.45) is 11.5 Å². The van der Waals surface area contributed by atoms with E-state index < -0.39 is 34.4 Å². The number of nitrogens with two attached hydrogens (primary N) is 2. The maximum Gasteiger partial charge on any atom is 0.394 e. The molecule has 9 N–H and O–H groups in total. The molecule has 14 heteroatoms. The maximum atomic E-state index is 10.3. The van der Waals surface area contributed by atoms with Crippen molar-refractivity contribution >= 4 is 65.7 Å². The van der Waals surface area contributed by atoms with Crippen LogP contribution in [0.3, 0.4) is 0 Å². The van der Waals surface area contributed by atoms with Gasteiger partial charge in [-0.3, -0.25) is 18.7 Å². The highest BCUT2D eigenvalue weighted by Crippen LogP contribution is 2.24. The fourth-order valence-electron chi connectivity index (χ4n) is 2.18. The average molecular weight is 506 g/mol. The molecule has 0 aliphatic heterocycles. The Balaban J connectivity index is 0.000000266. The van der Waals surface area contributed by atoms with Crippen LogP contribution >= 0.6 is 21.6 Å². The molecule has 2 atom stereocenters. The minimum Gasteiger partial charge on any atom is -0.480 e. The zero-order chi connectivity index (χ0) is 24.3. The molecule has 0 aliphatic carbocycles. The molecular weight excluding hydrogens is 482 g/mol. The predicted molar refractivity (Wildman–Crippen MR) is 126 cm³/mol. The number of rotatable bonds is 7. The Labute approximate surface area is 191 Å². The lowest BCUT2D eigenvalue weighted by molar-refractivity contribution is -0.138. The summed E-state index contributed by atoms with van der Waals surface area (Å²) in [5.41, 5.74) is 12.8. The number of para-hydroxylation sites is 2. The summed E-state index contributed by atoms with van der Waals surface area (Å²) in [5.74, 6) is -1.68. The van der Waals surface area contributed by atoms with E-state index in [-0.39, 0.29) is 11.5 Å². The number of hydrogen-bond donors (Lipinski definition) is 7. The molecule has 32 heavy (non-hydrogen) atoms. The summed E-state index contributed by atoms with van der Waals surface area (Å²) >= 11 is 0. The van der Waals surface area contributed by atoms with Crippen molar-refractivity contribution in [3.63, 3.8) is 0 Å². The molecule has 0 saturated carbocycles. The van der Waals surface area contributed by atoms with Gasteiger partial charge >= 0.3 is 22.3 Å². The van der Waals surface area contributed by atoms with E-state index in [2.05, 4.69) is 53.5 Å². The number of carboxylic acids is 2. The Bertz CT molecular complexity index is 1060. The van der Waals surface area contributed by atoms with Gasteiger partial charge in [0, 0.05) is 33.3 Å². The third-order valence-electron chi connectivity index (χ3n) is 3.63. The van der Waals surface area contributed by atoms with Gasteiger partial charge in [0.2, 0.25) is 0 Å².